The lowest BCUT2D eigenvalue weighted by molar-refractivity contribution is 0.0667. The van der Waals surface area contributed by atoms with Crippen LogP contribution < -0.4 is 5.32 Å². The Kier molecular flexibility index (Phi) is 7.48. The van der Waals surface area contributed by atoms with Gasteiger partial charge in [-0.1, -0.05) is 40.0 Å². The van der Waals surface area contributed by atoms with E-state index in [0.717, 1.165) is 24.5 Å². The fraction of sp³-hybridized carbons (Fsp3) is 1.00. The molecule has 2 fully saturated rings. The van der Waals surface area contributed by atoms with Crippen molar-refractivity contribution >= 4 is 0 Å². The van der Waals surface area contributed by atoms with Crippen LogP contribution in [0.1, 0.15) is 59.3 Å². The molecule has 124 valence electrons. The molecule has 1 saturated heterocycles. The highest BCUT2D eigenvalue weighted by Gasteiger charge is 2.28. The van der Waals surface area contributed by atoms with Gasteiger partial charge in [-0.15, -0.1) is 0 Å². The Labute approximate surface area is 132 Å². The lowest BCUT2D eigenvalue weighted by atomic mass is 10.1. The maximum Gasteiger partial charge on any atom is 0.0221 e. The Morgan fingerprint density at radius 3 is 2.24 bits per heavy atom. The monoisotopic (exact) mass is 295 g/mol. The summed E-state index contributed by atoms with van der Waals surface area (Å²) in [6.45, 7) is 14.4. The summed E-state index contributed by atoms with van der Waals surface area (Å²) in [4.78, 5) is 5.52. The molecule has 3 heteroatoms. The molecular weight excluding hydrogens is 258 g/mol. The van der Waals surface area contributed by atoms with E-state index in [2.05, 4.69) is 35.9 Å². The summed E-state index contributed by atoms with van der Waals surface area (Å²) in [7, 11) is 0. The molecule has 0 amide bonds. The Morgan fingerprint density at radius 2 is 1.67 bits per heavy atom. The van der Waals surface area contributed by atoms with Crippen molar-refractivity contribution in [3.63, 3.8) is 0 Å². The van der Waals surface area contributed by atoms with Crippen LogP contribution in [0.5, 0.6) is 0 Å². The molecule has 0 radical (unpaired) electrons. The van der Waals surface area contributed by atoms with Gasteiger partial charge in [-0.25, -0.2) is 0 Å². The molecule has 1 aliphatic carbocycles. The first kappa shape index (κ1) is 17.2. The molecule has 2 aliphatic rings. The van der Waals surface area contributed by atoms with Gasteiger partial charge in [-0.3, -0.25) is 9.80 Å². The molecule has 0 aromatic heterocycles. The van der Waals surface area contributed by atoms with Crippen LogP contribution in [0.4, 0.5) is 0 Å². The third-order valence-electron chi connectivity index (χ3n) is 5.26. The number of piperazine rings is 1. The van der Waals surface area contributed by atoms with Gasteiger partial charge in [-0.2, -0.15) is 0 Å². The average Bonchev–Trinajstić information content (AvgIpc) is 3.00. The van der Waals surface area contributed by atoms with E-state index in [-0.39, 0.29) is 0 Å². The number of hydrogen-bond donors (Lipinski definition) is 1. The van der Waals surface area contributed by atoms with Gasteiger partial charge in [0, 0.05) is 44.8 Å². The zero-order valence-electron chi connectivity index (χ0n) is 14.6. The van der Waals surface area contributed by atoms with Crippen molar-refractivity contribution in [1.82, 2.24) is 15.1 Å². The van der Waals surface area contributed by atoms with Gasteiger partial charge in [0.2, 0.25) is 0 Å². The van der Waals surface area contributed by atoms with Crippen molar-refractivity contribution in [2.45, 2.75) is 71.4 Å². The fourth-order valence-corrected chi connectivity index (χ4v) is 4.02. The fourth-order valence-electron chi connectivity index (χ4n) is 4.02. The molecule has 1 saturated carbocycles. The first-order valence-corrected chi connectivity index (χ1v) is 9.39. The minimum atomic E-state index is 0.750. The second-order valence-electron chi connectivity index (χ2n) is 7.50. The predicted octanol–water partition coefficient (Wildman–Crippen LogP) is 2.96. The number of nitrogens with zero attached hydrogens (tertiary/aromatic N) is 2. The van der Waals surface area contributed by atoms with E-state index in [1.165, 1.54) is 71.2 Å². The largest absolute Gasteiger partial charge is 0.315 e. The second-order valence-corrected chi connectivity index (χ2v) is 7.50. The highest BCUT2D eigenvalue weighted by Crippen LogP contribution is 2.24. The van der Waals surface area contributed by atoms with Crippen LogP contribution >= 0.6 is 0 Å². The highest BCUT2D eigenvalue weighted by atomic mass is 15.3. The molecular formula is C18H37N3. The molecule has 2 rings (SSSR count). The standard InChI is InChI=1S/C18H37N3/c1-4-7-18(15-19-14-16(2)3)21-12-10-20(11-13-21)17-8-5-6-9-17/h16-19H,4-15H2,1-3H3. The molecule has 21 heavy (non-hydrogen) atoms. The Hall–Kier alpha value is -0.120. The van der Waals surface area contributed by atoms with Crippen molar-refractivity contribution < 1.29 is 0 Å². The zero-order chi connectivity index (χ0) is 15.1. The number of hydrogen-bond acceptors (Lipinski definition) is 3. The van der Waals surface area contributed by atoms with E-state index in [1.54, 1.807) is 0 Å². The van der Waals surface area contributed by atoms with E-state index in [0.29, 0.717) is 0 Å². The minimum Gasteiger partial charge on any atom is -0.315 e. The highest BCUT2D eigenvalue weighted by molar-refractivity contribution is 4.85. The van der Waals surface area contributed by atoms with Gasteiger partial charge in [0.05, 0.1) is 0 Å². The Bertz CT molecular complexity index is 266. The lowest BCUT2D eigenvalue weighted by Gasteiger charge is -2.41. The van der Waals surface area contributed by atoms with Crippen molar-refractivity contribution in [2.24, 2.45) is 5.92 Å². The molecule has 1 atom stereocenters. The van der Waals surface area contributed by atoms with Crippen LogP contribution in [-0.2, 0) is 0 Å². The lowest BCUT2D eigenvalue weighted by Crippen LogP contribution is -2.54. The summed E-state index contributed by atoms with van der Waals surface area (Å²) >= 11 is 0. The van der Waals surface area contributed by atoms with Crippen LogP contribution in [0.25, 0.3) is 0 Å². The van der Waals surface area contributed by atoms with E-state index in [1.807, 2.05) is 0 Å². The van der Waals surface area contributed by atoms with Gasteiger partial charge >= 0.3 is 0 Å². The maximum atomic E-state index is 3.68. The Morgan fingerprint density at radius 1 is 1.00 bits per heavy atom. The smallest absolute Gasteiger partial charge is 0.0221 e. The third-order valence-corrected chi connectivity index (χ3v) is 5.26. The SMILES string of the molecule is CCCC(CNCC(C)C)N1CCN(C2CCCC2)CC1. The van der Waals surface area contributed by atoms with Crippen LogP contribution in [0, 0.1) is 5.92 Å². The van der Waals surface area contributed by atoms with Gasteiger partial charge in [0.25, 0.3) is 0 Å². The average molecular weight is 296 g/mol. The van der Waals surface area contributed by atoms with E-state index in [9.17, 15) is 0 Å². The van der Waals surface area contributed by atoms with Crippen LogP contribution in [0.3, 0.4) is 0 Å². The van der Waals surface area contributed by atoms with Crippen LogP contribution in [0.2, 0.25) is 0 Å². The van der Waals surface area contributed by atoms with Gasteiger partial charge in [-0.05, 0) is 31.7 Å². The first-order chi connectivity index (χ1) is 10.2. The third kappa shape index (κ3) is 5.54. The molecule has 3 nitrogen and oxygen atoms in total. The van der Waals surface area contributed by atoms with E-state index >= 15 is 0 Å². The minimum absolute atomic E-state index is 0.750. The van der Waals surface area contributed by atoms with Gasteiger partial charge in [0.1, 0.15) is 0 Å². The Balaban J connectivity index is 1.73. The first-order valence-electron chi connectivity index (χ1n) is 9.39. The molecule has 0 spiro atoms. The molecule has 0 aromatic rings. The van der Waals surface area contributed by atoms with Gasteiger partial charge in [0.15, 0.2) is 0 Å². The second kappa shape index (κ2) is 9.12. The molecule has 1 heterocycles. The van der Waals surface area contributed by atoms with Crippen LogP contribution in [0.15, 0.2) is 0 Å². The maximum absolute atomic E-state index is 3.68. The topological polar surface area (TPSA) is 18.5 Å². The normalized spacial score (nSPS) is 24.0. The summed E-state index contributed by atoms with van der Waals surface area (Å²) in [6, 6.07) is 1.66. The molecule has 1 N–H and O–H groups in total. The summed E-state index contributed by atoms with van der Waals surface area (Å²) in [5.74, 6) is 0.756. The number of rotatable bonds is 8. The zero-order valence-corrected chi connectivity index (χ0v) is 14.6. The summed E-state index contributed by atoms with van der Waals surface area (Å²) in [5, 5.41) is 3.68. The molecule has 1 aliphatic heterocycles. The molecule has 0 bridgehead atoms. The summed E-state index contributed by atoms with van der Waals surface area (Å²) in [5.41, 5.74) is 0. The summed E-state index contributed by atoms with van der Waals surface area (Å²) in [6.07, 6.45) is 8.47. The summed E-state index contributed by atoms with van der Waals surface area (Å²) < 4.78 is 0. The van der Waals surface area contributed by atoms with Crippen molar-refractivity contribution in [2.75, 3.05) is 39.3 Å². The quantitative estimate of drug-likeness (QED) is 0.743. The van der Waals surface area contributed by atoms with Gasteiger partial charge < -0.3 is 5.32 Å². The number of nitrogens with one attached hydrogen (secondary N) is 1. The molecule has 1 unspecified atom stereocenters. The molecule has 0 aromatic carbocycles. The van der Waals surface area contributed by atoms with Crippen molar-refractivity contribution in [3.8, 4) is 0 Å². The van der Waals surface area contributed by atoms with E-state index < -0.39 is 0 Å². The van der Waals surface area contributed by atoms with E-state index in [4.69, 9.17) is 0 Å². The van der Waals surface area contributed by atoms with Crippen LogP contribution in [-0.4, -0.2) is 61.2 Å². The van der Waals surface area contributed by atoms with Crippen molar-refractivity contribution in [1.29, 1.82) is 0 Å². The van der Waals surface area contributed by atoms with Crippen molar-refractivity contribution in [3.05, 3.63) is 0 Å². The predicted molar refractivity (Wildman–Crippen MR) is 91.8 cm³/mol.